The largest absolute Gasteiger partial charge is 0.341 e. The number of nitrogens with two attached hydrogens (primary N) is 1. The van der Waals surface area contributed by atoms with Crippen molar-refractivity contribution in [1.29, 1.82) is 0 Å². The van der Waals surface area contributed by atoms with E-state index in [-0.39, 0.29) is 11.9 Å². The Morgan fingerprint density at radius 2 is 2.35 bits per heavy atom. The minimum atomic E-state index is 0.0953. The van der Waals surface area contributed by atoms with Gasteiger partial charge in [-0.15, -0.1) is 11.8 Å². The first kappa shape index (κ1) is 14.0. The van der Waals surface area contributed by atoms with E-state index in [1.165, 1.54) is 0 Å². The number of thioether (sulfide) groups is 1. The standard InChI is InChI=1S/C12H19N3OS/c1-10(7-13)15(2)12(16)9-17-8-11-5-3-4-6-14-11/h3-6,10H,7-9,13H2,1-2H3. The molecule has 1 heterocycles. The number of pyridine rings is 1. The highest BCUT2D eigenvalue weighted by Gasteiger charge is 2.13. The van der Waals surface area contributed by atoms with Crippen LogP contribution in [-0.2, 0) is 10.5 Å². The van der Waals surface area contributed by atoms with Crippen molar-refractivity contribution in [3.05, 3.63) is 30.1 Å². The fourth-order valence-electron chi connectivity index (χ4n) is 1.23. The second-order valence-electron chi connectivity index (χ2n) is 3.90. The molecule has 1 rings (SSSR count). The summed E-state index contributed by atoms with van der Waals surface area (Å²) in [6.45, 7) is 2.44. The molecular weight excluding hydrogens is 234 g/mol. The molecule has 1 aromatic rings. The van der Waals surface area contributed by atoms with Crippen molar-refractivity contribution in [1.82, 2.24) is 9.88 Å². The number of aromatic nitrogens is 1. The van der Waals surface area contributed by atoms with Gasteiger partial charge in [-0.1, -0.05) is 6.07 Å². The number of hydrogen-bond acceptors (Lipinski definition) is 4. The monoisotopic (exact) mass is 253 g/mol. The maximum atomic E-state index is 11.8. The molecule has 0 aliphatic heterocycles. The molecule has 94 valence electrons. The van der Waals surface area contributed by atoms with Gasteiger partial charge in [-0.3, -0.25) is 9.78 Å². The lowest BCUT2D eigenvalue weighted by Crippen LogP contribution is -2.40. The number of rotatable bonds is 6. The number of carbonyl (C=O) groups is 1. The van der Waals surface area contributed by atoms with Gasteiger partial charge in [-0.25, -0.2) is 0 Å². The molecule has 1 aromatic heterocycles. The third kappa shape index (κ3) is 4.75. The molecule has 5 heteroatoms. The number of likely N-dealkylation sites (N-methyl/N-ethyl adjacent to an activating group) is 1. The fourth-order valence-corrected chi connectivity index (χ4v) is 2.09. The smallest absolute Gasteiger partial charge is 0.232 e. The second-order valence-corrected chi connectivity index (χ2v) is 4.89. The summed E-state index contributed by atoms with van der Waals surface area (Å²) >= 11 is 1.58. The van der Waals surface area contributed by atoms with Gasteiger partial charge >= 0.3 is 0 Å². The van der Waals surface area contributed by atoms with E-state index < -0.39 is 0 Å². The van der Waals surface area contributed by atoms with Gasteiger partial charge in [0.05, 0.1) is 11.4 Å². The van der Waals surface area contributed by atoms with E-state index in [9.17, 15) is 4.79 Å². The van der Waals surface area contributed by atoms with Crippen LogP contribution in [0.5, 0.6) is 0 Å². The van der Waals surface area contributed by atoms with Crippen LogP contribution in [0.25, 0.3) is 0 Å². The molecule has 0 aliphatic rings. The molecule has 0 saturated carbocycles. The predicted molar refractivity (Wildman–Crippen MR) is 71.7 cm³/mol. The molecule has 17 heavy (non-hydrogen) atoms. The van der Waals surface area contributed by atoms with E-state index in [0.717, 1.165) is 11.4 Å². The normalized spacial score (nSPS) is 12.2. The second kappa shape index (κ2) is 7.29. The predicted octanol–water partition coefficient (Wildman–Crippen LogP) is 1.12. The van der Waals surface area contributed by atoms with E-state index in [4.69, 9.17) is 5.73 Å². The SMILES string of the molecule is CC(CN)N(C)C(=O)CSCc1ccccn1. The summed E-state index contributed by atoms with van der Waals surface area (Å²) in [5, 5.41) is 0. The molecule has 0 radical (unpaired) electrons. The van der Waals surface area contributed by atoms with Crippen molar-refractivity contribution in [2.75, 3.05) is 19.3 Å². The summed E-state index contributed by atoms with van der Waals surface area (Å²) in [5.74, 6) is 1.35. The van der Waals surface area contributed by atoms with Crippen LogP contribution in [0.15, 0.2) is 24.4 Å². The first-order chi connectivity index (χ1) is 8.15. The van der Waals surface area contributed by atoms with Crippen LogP contribution in [-0.4, -0.2) is 41.2 Å². The van der Waals surface area contributed by atoms with E-state index in [1.54, 1.807) is 29.9 Å². The fraction of sp³-hybridized carbons (Fsp3) is 0.500. The van der Waals surface area contributed by atoms with Gasteiger partial charge in [-0.05, 0) is 19.1 Å². The van der Waals surface area contributed by atoms with Crippen LogP contribution in [0.2, 0.25) is 0 Å². The zero-order valence-electron chi connectivity index (χ0n) is 10.3. The van der Waals surface area contributed by atoms with Crippen LogP contribution >= 0.6 is 11.8 Å². The summed E-state index contributed by atoms with van der Waals surface area (Å²) < 4.78 is 0. The van der Waals surface area contributed by atoms with Crippen LogP contribution in [0.1, 0.15) is 12.6 Å². The van der Waals surface area contributed by atoms with E-state index in [2.05, 4.69) is 4.98 Å². The molecule has 0 aliphatic carbocycles. The Morgan fingerprint density at radius 1 is 1.59 bits per heavy atom. The zero-order valence-corrected chi connectivity index (χ0v) is 11.1. The van der Waals surface area contributed by atoms with Crippen molar-refractivity contribution in [2.45, 2.75) is 18.7 Å². The molecule has 1 atom stereocenters. The molecule has 0 bridgehead atoms. The molecule has 0 saturated heterocycles. The van der Waals surface area contributed by atoms with Crippen molar-refractivity contribution in [3.8, 4) is 0 Å². The highest BCUT2D eigenvalue weighted by Crippen LogP contribution is 2.10. The Kier molecular flexibility index (Phi) is 6.00. The van der Waals surface area contributed by atoms with E-state index >= 15 is 0 Å². The molecule has 1 amide bonds. The summed E-state index contributed by atoms with van der Waals surface area (Å²) in [6, 6.07) is 5.89. The quantitative estimate of drug-likeness (QED) is 0.825. The van der Waals surface area contributed by atoms with Crippen molar-refractivity contribution in [2.24, 2.45) is 5.73 Å². The Balaban J connectivity index is 2.29. The molecule has 0 fully saturated rings. The Labute approximate surface area is 107 Å². The van der Waals surface area contributed by atoms with Gasteiger partial charge in [0.1, 0.15) is 0 Å². The molecular formula is C12H19N3OS. The first-order valence-corrected chi connectivity index (χ1v) is 6.74. The minimum absolute atomic E-state index is 0.0953. The number of hydrogen-bond donors (Lipinski definition) is 1. The number of nitrogens with zero attached hydrogens (tertiary/aromatic N) is 2. The van der Waals surface area contributed by atoms with Crippen LogP contribution in [0, 0.1) is 0 Å². The third-order valence-corrected chi connectivity index (χ3v) is 3.55. The minimum Gasteiger partial charge on any atom is -0.341 e. The average molecular weight is 253 g/mol. The maximum Gasteiger partial charge on any atom is 0.232 e. The Hall–Kier alpha value is -1.07. The number of carbonyl (C=O) groups excluding carboxylic acids is 1. The highest BCUT2D eigenvalue weighted by molar-refractivity contribution is 7.99. The first-order valence-electron chi connectivity index (χ1n) is 5.58. The van der Waals surface area contributed by atoms with Gasteiger partial charge in [0.15, 0.2) is 0 Å². The average Bonchev–Trinajstić information content (AvgIpc) is 2.38. The Morgan fingerprint density at radius 3 is 2.94 bits per heavy atom. The highest BCUT2D eigenvalue weighted by atomic mass is 32.2. The van der Waals surface area contributed by atoms with Crippen molar-refractivity contribution >= 4 is 17.7 Å². The van der Waals surface area contributed by atoms with Crippen molar-refractivity contribution in [3.63, 3.8) is 0 Å². The lowest BCUT2D eigenvalue weighted by molar-refractivity contribution is -0.128. The van der Waals surface area contributed by atoms with Gasteiger partial charge in [0.25, 0.3) is 0 Å². The molecule has 0 aromatic carbocycles. The molecule has 2 N–H and O–H groups in total. The van der Waals surface area contributed by atoms with E-state index in [1.807, 2.05) is 25.1 Å². The maximum absolute atomic E-state index is 11.8. The molecule has 1 unspecified atom stereocenters. The van der Waals surface area contributed by atoms with Gasteiger partial charge in [0.2, 0.25) is 5.91 Å². The number of amides is 1. The lowest BCUT2D eigenvalue weighted by atomic mass is 10.3. The zero-order chi connectivity index (χ0) is 12.7. The van der Waals surface area contributed by atoms with Gasteiger partial charge in [0, 0.05) is 31.6 Å². The van der Waals surface area contributed by atoms with Crippen molar-refractivity contribution < 1.29 is 4.79 Å². The summed E-state index contributed by atoms with van der Waals surface area (Å²) in [5.41, 5.74) is 6.52. The van der Waals surface area contributed by atoms with Gasteiger partial charge in [-0.2, -0.15) is 0 Å². The summed E-state index contributed by atoms with van der Waals surface area (Å²) in [4.78, 5) is 17.7. The van der Waals surface area contributed by atoms with Crippen LogP contribution in [0.4, 0.5) is 0 Å². The molecule has 0 spiro atoms. The summed E-state index contributed by atoms with van der Waals surface area (Å²) in [7, 11) is 1.79. The summed E-state index contributed by atoms with van der Waals surface area (Å²) in [6.07, 6.45) is 1.76. The van der Waals surface area contributed by atoms with Crippen LogP contribution in [0.3, 0.4) is 0 Å². The van der Waals surface area contributed by atoms with Gasteiger partial charge < -0.3 is 10.6 Å². The topological polar surface area (TPSA) is 59.2 Å². The lowest BCUT2D eigenvalue weighted by Gasteiger charge is -2.23. The van der Waals surface area contributed by atoms with Crippen LogP contribution < -0.4 is 5.73 Å². The Bertz CT molecular complexity index is 345. The third-order valence-electron chi connectivity index (χ3n) is 2.60. The van der Waals surface area contributed by atoms with E-state index in [0.29, 0.717) is 12.3 Å². The molecule has 4 nitrogen and oxygen atoms in total.